The van der Waals surface area contributed by atoms with Gasteiger partial charge in [0.25, 0.3) is 0 Å². The van der Waals surface area contributed by atoms with Crippen molar-refractivity contribution in [3.05, 3.63) is 24.0 Å². The van der Waals surface area contributed by atoms with Gasteiger partial charge < -0.3 is 15.0 Å². The lowest BCUT2D eigenvalue weighted by atomic mass is 9.95. The molecule has 1 aromatic rings. The highest BCUT2D eigenvalue weighted by Gasteiger charge is 2.27. The number of aromatic nitrogens is 1. The van der Waals surface area contributed by atoms with Gasteiger partial charge in [0.2, 0.25) is 0 Å². The second-order valence-corrected chi connectivity index (χ2v) is 5.02. The minimum Gasteiger partial charge on any atom is -0.379 e. The SMILES string of the molecule is CNCc1ccncc1N1CCC(C)C(OC)C1. The van der Waals surface area contributed by atoms with Gasteiger partial charge in [-0.3, -0.25) is 4.98 Å². The zero-order valence-electron chi connectivity index (χ0n) is 11.5. The number of hydrogen-bond donors (Lipinski definition) is 1. The molecule has 4 heteroatoms. The summed E-state index contributed by atoms with van der Waals surface area (Å²) in [6, 6.07) is 2.09. The molecule has 0 bridgehead atoms. The van der Waals surface area contributed by atoms with E-state index >= 15 is 0 Å². The third kappa shape index (κ3) is 2.82. The minimum atomic E-state index is 0.321. The van der Waals surface area contributed by atoms with Crippen molar-refractivity contribution in [3.8, 4) is 0 Å². The second kappa shape index (κ2) is 6.16. The van der Waals surface area contributed by atoms with Crippen molar-refractivity contribution < 1.29 is 4.74 Å². The van der Waals surface area contributed by atoms with Crippen LogP contribution in [0.2, 0.25) is 0 Å². The topological polar surface area (TPSA) is 37.4 Å². The largest absolute Gasteiger partial charge is 0.379 e. The molecule has 0 spiro atoms. The van der Waals surface area contributed by atoms with Crippen molar-refractivity contribution in [2.24, 2.45) is 5.92 Å². The molecule has 0 aliphatic carbocycles. The Labute approximate surface area is 109 Å². The van der Waals surface area contributed by atoms with Gasteiger partial charge in [-0.2, -0.15) is 0 Å². The average molecular weight is 249 g/mol. The molecule has 1 saturated heterocycles. The first-order valence-corrected chi connectivity index (χ1v) is 6.61. The molecule has 18 heavy (non-hydrogen) atoms. The van der Waals surface area contributed by atoms with Gasteiger partial charge in [-0.15, -0.1) is 0 Å². The van der Waals surface area contributed by atoms with Crippen molar-refractivity contribution in [2.45, 2.75) is 26.0 Å². The second-order valence-electron chi connectivity index (χ2n) is 5.02. The molecule has 2 heterocycles. The molecule has 1 aliphatic rings. The first-order valence-electron chi connectivity index (χ1n) is 6.61. The summed E-state index contributed by atoms with van der Waals surface area (Å²) in [5, 5.41) is 3.21. The Bertz CT molecular complexity index is 383. The summed E-state index contributed by atoms with van der Waals surface area (Å²) in [6.45, 7) is 5.19. The molecule has 2 unspecified atom stereocenters. The van der Waals surface area contributed by atoms with Crippen LogP contribution >= 0.6 is 0 Å². The number of ether oxygens (including phenoxy) is 1. The predicted molar refractivity (Wildman–Crippen MR) is 73.8 cm³/mol. The summed E-state index contributed by atoms with van der Waals surface area (Å²) in [7, 11) is 3.78. The van der Waals surface area contributed by atoms with E-state index in [1.807, 2.05) is 26.6 Å². The monoisotopic (exact) mass is 249 g/mol. The third-order valence-corrected chi connectivity index (χ3v) is 3.79. The molecule has 0 saturated carbocycles. The summed E-state index contributed by atoms with van der Waals surface area (Å²) in [4.78, 5) is 6.66. The van der Waals surface area contributed by atoms with Gasteiger partial charge in [-0.25, -0.2) is 0 Å². The fourth-order valence-corrected chi connectivity index (χ4v) is 2.60. The van der Waals surface area contributed by atoms with Crippen LogP contribution in [-0.4, -0.2) is 38.3 Å². The zero-order chi connectivity index (χ0) is 13.0. The van der Waals surface area contributed by atoms with Crippen LogP contribution in [0.4, 0.5) is 5.69 Å². The van der Waals surface area contributed by atoms with E-state index in [9.17, 15) is 0 Å². The van der Waals surface area contributed by atoms with Gasteiger partial charge in [0.1, 0.15) is 0 Å². The highest BCUT2D eigenvalue weighted by atomic mass is 16.5. The predicted octanol–water partition coefficient (Wildman–Crippen LogP) is 1.66. The maximum atomic E-state index is 5.58. The van der Waals surface area contributed by atoms with E-state index in [1.165, 1.54) is 17.7 Å². The number of hydrogen-bond acceptors (Lipinski definition) is 4. The van der Waals surface area contributed by atoms with E-state index in [0.717, 1.165) is 19.6 Å². The maximum absolute atomic E-state index is 5.58. The average Bonchev–Trinajstić information content (AvgIpc) is 2.40. The molecule has 0 aromatic carbocycles. The maximum Gasteiger partial charge on any atom is 0.0772 e. The molecule has 4 nitrogen and oxygen atoms in total. The summed E-state index contributed by atoms with van der Waals surface area (Å²) in [5.41, 5.74) is 2.54. The van der Waals surface area contributed by atoms with Crippen LogP contribution < -0.4 is 10.2 Å². The molecule has 1 aromatic heterocycles. The number of methoxy groups -OCH3 is 1. The summed E-state index contributed by atoms with van der Waals surface area (Å²) < 4.78 is 5.58. The summed E-state index contributed by atoms with van der Waals surface area (Å²) in [5.74, 6) is 0.635. The van der Waals surface area contributed by atoms with Crippen molar-refractivity contribution in [1.29, 1.82) is 0 Å². The van der Waals surface area contributed by atoms with E-state index in [2.05, 4.69) is 28.2 Å². The lowest BCUT2D eigenvalue weighted by Gasteiger charge is -2.38. The van der Waals surface area contributed by atoms with Crippen molar-refractivity contribution in [2.75, 3.05) is 32.1 Å². The summed E-state index contributed by atoms with van der Waals surface area (Å²) >= 11 is 0. The van der Waals surface area contributed by atoms with Gasteiger partial charge >= 0.3 is 0 Å². The first kappa shape index (κ1) is 13.3. The number of nitrogens with zero attached hydrogens (tertiary/aromatic N) is 2. The van der Waals surface area contributed by atoms with Gasteiger partial charge in [-0.05, 0) is 31.0 Å². The van der Waals surface area contributed by atoms with Crippen molar-refractivity contribution in [1.82, 2.24) is 10.3 Å². The van der Waals surface area contributed by atoms with Crippen molar-refractivity contribution >= 4 is 5.69 Å². The highest BCUT2D eigenvalue weighted by Crippen LogP contribution is 2.26. The molecule has 2 rings (SSSR count). The number of anilines is 1. The third-order valence-electron chi connectivity index (χ3n) is 3.79. The fraction of sp³-hybridized carbons (Fsp3) is 0.643. The normalized spacial score (nSPS) is 24.3. The van der Waals surface area contributed by atoms with Gasteiger partial charge in [0.05, 0.1) is 18.0 Å². The van der Waals surface area contributed by atoms with Crippen LogP contribution in [0.5, 0.6) is 0 Å². The molecule has 1 fully saturated rings. The van der Waals surface area contributed by atoms with E-state index in [4.69, 9.17) is 4.74 Å². The Balaban J connectivity index is 2.16. The smallest absolute Gasteiger partial charge is 0.0772 e. The Morgan fingerprint density at radius 2 is 2.39 bits per heavy atom. The van der Waals surface area contributed by atoms with Crippen LogP contribution in [0.3, 0.4) is 0 Å². The van der Waals surface area contributed by atoms with E-state index < -0.39 is 0 Å². The standard InChI is InChI=1S/C14H23N3O/c1-11-5-7-17(10-14(11)18-3)13-9-16-6-4-12(13)8-15-2/h4,6,9,11,14-15H,5,7-8,10H2,1-3H3. The lowest BCUT2D eigenvalue weighted by Crippen LogP contribution is -2.44. The molecular formula is C14H23N3O. The van der Waals surface area contributed by atoms with Crippen molar-refractivity contribution in [3.63, 3.8) is 0 Å². The first-order chi connectivity index (χ1) is 8.76. The van der Waals surface area contributed by atoms with Crippen LogP contribution in [0.15, 0.2) is 18.5 Å². The van der Waals surface area contributed by atoms with E-state index in [1.54, 1.807) is 0 Å². The highest BCUT2D eigenvalue weighted by molar-refractivity contribution is 5.52. The Morgan fingerprint density at radius 3 is 3.11 bits per heavy atom. The fourth-order valence-electron chi connectivity index (χ4n) is 2.60. The molecule has 0 radical (unpaired) electrons. The zero-order valence-corrected chi connectivity index (χ0v) is 11.5. The number of rotatable bonds is 4. The van der Waals surface area contributed by atoms with E-state index in [0.29, 0.717) is 12.0 Å². The lowest BCUT2D eigenvalue weighted by molar-refractivity contribution is 0.0498. The quantitative estimate of drug-likeness (QED) is 0.880. The van der Waals surface area contributed by atoms with E-state index in [-0.39, 0.29) is 0 Å². The van der Waals surface area contributed by atoms with Gasteiger partial charge in [0.15, 0.2) is 0 Å². The minimum absolute atomic E-state index is 0.321. The Kier molecular flexibility index (Phi) is 4.55. The molecular weight excluding hydrogens is 226 g/mol. The molecule has 1 aliphatic heterocycles. The van der Waals surface area contributed by atoms with Gasteiger partial charge in [0, 0.05) is 32.9 Å². The Morgan fingerprint density at radius 1 is 1.56 bits per heavy atom. The van der Waals surface area contributed by atoms with Gasteiger partial charge in [-0.1, -0.05) is 6.92 Å². The molecule has 0 amide bonds. The van der Waals surface area contributed by atoms with Crippen LogP contribution in [0, 0.1) is 5.92 Å². The molecule has 100 valence electrons. The molecule has 1 N–H and O–H groups in total. The summed E-state index contributed by atoms with van der Waals surface area (Å²) in [6.07, 6.45) is 5.32. The van der Waals surface area contributed by atoms with Crippen LogP contribution in [-0.2, 0) is 11.3 Å². The number of piperidine rings is 1. The van der Waals surface area contributed by atoms with Crippen LogP contribution in [0.1, 0.15) is 18.9 Å². The number of pyridine rings is 1. The number of nitrogens with one attached hydrogen (secondary N) is 1. The molecule has 2 atom stereocenters. The van der Waals surface area contributed by atoms with Crippen LogP contribution in [0.25, 0.3) is 0 Å². The Hall–Kier alpha value is -1.13.